The zero-order chi connectivity index (χ0) is 13.7. The summed E-state index contributed by atoms with van der Waals surface area (Å²) in [6.07, 6.45) is 0. The average Bonchev–Trinajstić information content (AvgIpc) is 2.24. The van der Waals surface area contributed by atoms with E-state index in [4.69, 9.17) is 27.9 Å². The number of rotatable bonds is 6. The summed E-state index contributed by atoms with van der Waals surface area (Å²) in [6.45, 7) is 9.76. The number of benzene rings is 1. The van der Waals surface area contributed by atoms with Crippen molar-refractivity contribution in [1.29, 1.82) is 0 Å². The quantitative estimate of drug-likeness (QED) is 0.831. The number of halogens is 2. The van der Waals surface area contributed by atoms with E-state index >= 15 is 0 Å². The van der Waals surface area contributed by atoms with Gasteiger partial charge in [0.2, 0.25) is 0 Å². The fourth-order valence-electron chi connectivity index (χ4n) is 1.47. The Morgan fingerprint density at radius 2 is 1.83 bits per heavy atom. The van der Waals surface area contributed by atoms with Crippen molar-refractivity contribution in [2.24, 2.45) is 5.92 Å². The van der Waals surface area contributed by atoms with Gasteiger partial charge in [-0.25, -0.2) is 0 Å². The Kier molecular flexibility index (Phi) is 6.27. The van der Waals surface area contributed by atoms with Crippen molar-refractivity contribution < 1.29 is 4.74 Å². The van der Waals surface area contributed by atoms with Crippen LogP contribution in [0, 0.1) is 5.92 Å². The molecule has 18 heavy (non-hydrogen) atoms. The molecule has 0 radical (unpaired) electrons. The fourth-order valence-corrected chi connectivity index (χ4v) is 2.06. The molecule has 0 saturated carbocycles. The van der Waals surface area contributed by atoms with Gasteiger partial charge in [0, 0.05) is 23.2 Å². The normalized spacial score (nSPS) is 11.3. The van der Waals surface area contributed by atoms with Crippen LogP contribution < -0.4 is 10.1 Å². The first kappa shape index (κ1) is 15.6. The van der Waals surface area contributed by atoms with Gasteiger partial charge in [-0.15, -0.1) is 0 Å². The minimum absolute atomic E-state index is 0.403. The molecule has 0 amide bonds. The molecule has 0 aliphatic carbocycles. The molecule has 0 saturated heterocycles. The highest BCUT2D eigenvalue weighted by molar-refractivity contribution is 6.35. The molecule has 0 aliphatic rings. The molecule has 0 heterocycles. The molecule has 2 nitrogen and oxygen atoms in total. The van der Waals surface area contributed by atoms with Crippen molar-refractivity contribution >= 4 is 23.2 Å². The van der Waals surface area contributed by atoms with Gasteiger partial charge in [0.15, 0.2) is 0 Å². The molecule has 0 unspecified atom stereocenters. The summed E-state index contributed by atoms with van der Waals surface area (Å²) in [5, 5.41) is 4.56. The summed E-state index contributed by atoms with van der Waals surface area (Å²) < 4.78 is 5.79. The van der Waals surface area contributed by atoms with Crippen LogP contribution in [0.2, 0.25) is 10.0 Å². The molecule has 102 valence electrons. The Bertz CT molecular complexity index is 392. The van der Waals surface area contributed by atoms with Crippen LogP contribution in [0.5, 0.6) is 5.75 Å². The van der Waals surface area contributed by atoms with Gasteiger partial charge in [-0.05, 0) is 18.1 Å². The van der Waals surface area contributed by atoms with Crippen LogP contribution in [-0.2, 0) is 6.54 Å². The van der Waals surface area contributed by atoms with Gasteiger partial charge in [0.25, 0.3) is 0 Å². The monoisotopic (exact) mass is 289 g/mol. The molecule has 0 aliphatic heterocycles. The van der Waals surface area contributed by atoms with Crippen LogP contribution in [0.4, 0.5) is 0 Å². The molecular weight excluding hydrogens is 269 g/mol. The van der Waals surface area contributed by atoms with E-state index in [1.54, 1.807) is 6.07 Å². The van der Waals surface area contributed by atoms with Crippen molar-refractivity contribution in [1.82, 2.24) is 5.32 Å². The molecule has 0 bridgehead atoms. The maximum atomic E-state index is 6.20. The highest BCUT2D eigenvalue weighted by Crippen LogP contribution is 2.32. The molecule has 4 heteroatoms. The van der Waals surface area contributed by atoms with Crippen molar-refractivity contribution in [2.45, 2.75) is 40.3 Å². The molecule has 1 N–H and O–H groups in total. The van der Waals surface area contributed by atoms with Crippen molar-refractivity contribution in [3.8, 4) is 5.75 Å². The van der Waals surface area contributed by atoms with E-state index < -0.39 is 0 Å². The van der Waals surface area contributed by atoms with Gasteiger partial charge in [0.1, 0.15) is 5.75 Å². The second kappa shape index (κ2) is 7.22. The third kappa shape index (κ3) is 5.05. The van der Waals surface area contributed by atoms with Gasteiger partial charge < -0.3 is 10.1 Å². The van der Waals surface area contributed by atoms with E-state index in [1.165, 1.54) is 0 Å². The van der Waals surface area contributed by atoms with Crippen LogP contribution in [0.3, 0.4) is 0 Å². The predicted octanol–water partition coefficient (Wildman–Crippen LogP) is 4.53. The van der Waals surface area contributed by atoms with Crippen LogP contribution in [0.15, 0.2) is 12.1 Å². The number of ether oxygens (including phenoxy) is 1. The van der Waals surface area contributed by atoms with E-state index in [2.05, 4.69) is 33.0 Å². The minimum Gasteiger partial charge on any atom is -0.491 e. The summed E-state index contributed by atoms with van der Waals surface area (Å²) in [5.74, 6) is 1.20. The van der Waals surface area contributed by atoms with Crippen molar-refractivity contribution in [3.05, 3.63) is 27.7 Å². The highest BCUT2D eigenvalue weighted by atomic mass is 35.5. The average molecular weight is 290 g/mol. The first-order valence-corrected chi connectivity index (χ1v) is 6.99. The third-order valence-electron chi connectivity index (χ3n) is 2.35. The number of hydrogen-bond donors (Lipinski definition) is 1. The molecular formula is C14H21Cl2NO. The summed E-state index contributed by atoms with van der Waals surface area (Å²) in [5.41, 5.74) is 1.00. The Labute approximate surface area is 120 Å². The van der Waals surface area contributed by atoms with Crippen LogP contribution in [0.25, 0.3) is 0 Å². The largest absolute Gasteiger partial charge is 0.491 e. The molecule has 1 rings (SSSR count). The smallest absolute Gasteiger partial charge is 0.142 e. The molecule has 0 atom stereocenters. The van der Waals surface area contributed by atoms with Crippen molar-refractivity contribution in [3.63, 3.8) is 0 Å². The molecule has 0 fully saturated rings. The fraction of sp³-hybridized carbons (Fsp3) is 0.571. The number of hydrogen-bond acceptors (Lipinski definition) is 2. The Morgan fingerprint density at radius 3 is 2.39 bits per heavy atom. The van der Waals surface area contributed by atoms with Crippen molar-refractivity contribution in [2.75, 3.05) is 6.61 Å². The van der Waals surface area contributed by atoms with E-state index in [0.717, 1.165) is 11.3 Å². The standard InChI is InChI=1S/C14H21Cl2NO/c1-9(2)8-18-14-11(7-17-10(3)4)5-12(15)6-13(14)16/h5-6,9-10,17H,7-8H2,1-4H3. The zero-order valence-electron chi connectivity index (χ0n) is 11.4. The second-order valence-electron chi connectivity index (χ2n) is 5.12. The summed E-state index contributed by atoms with van der Waals surface area (Å²) in [6, 6.07) is 4.02. The van der Waals surface area contributed by atoms with E-state index in [1.807, 2.05) is 6.07 Å². The second-order valence-corrected chi connectivity index (χ2v) is 5.96. The summed E-state index contributed by atoms with van der Waals surface area (Å²) in [7, 11) is 0. The molecule has 1 aromatic carbocycles. The van der Waals surface area contributed by atoms with Gasteiger partial charge in [-0.3, -0.25) is 0 Å². The first-order chi connectivity index (χ1) is 8.40. The van der Waals surface area contributed by atoms with Crippen LogP contribution >= 0.6 is 23.2 Å². The van der Waals surface area contributed by atoms with Gasteiger partial charge in [0.05, 0.1) is 11.6 Å². The number of nitrogens with one attached hydrogen (secondary N) is 1. The minimum atomic E-state index is 0.403. The van der Waals surface area contributed by atoms with E-state index in [0.29, 0.717) is 35.2 Å². The van der Waals surface area contributed by atoms with E-state index in [9.17, 15) is 0 Å². The zero-order valence-corrected chi connectivity index (χ0v) is 12.9. The molecule has 0 spiro atoms. The van der Waals surface area contributed by atoms with Crippen LogP contribution in [-0.4, -0.2) is 12.6 Å². The highest BCUT2D eigenvalue weighted by Gasteiger charge is 2.11. The SMILES string of the molecule is CC(C)COc1c(Cl)cc(Cl)cc1CNC(C)C. The van der Waals surface area contributed by atoms with E-state index in [-0.39, 0.29) is 0 Å². The summed E-state index contributed by atoms with van der Waals surface area (Å²) >= 11 is 12.2. The topological polar surface area (TPSA) is 21.3 Å². The first-order valence-electron chi connectivity index (χ1n) is 6.24. The summed E-state index contributed by atoms with van der Waals surface area (Å²) in [4.78, 5) is 0. The molecule has 0 aromatic heterocycles. The lowest BCUT2D eigenvalue weighted by atomic mass is 10.2. The van der Waals surface area contributed by atoms with Gasteiger partial charge in [-0.2, -0.15) is 0 Å². The lowest BCUT2D eigenvalue weighted by Gasteiger charge is -2.16. The Balaban J connectivity index is 2.89. The lowest BCUT2D eigenvalue weighted by Crippen LogP contribution is -2.22. The van der Waals surface area contributed by atoms with Gasteiger partial charge in [-0.1, -0.05) is 50.9 Å². The van der Waals surface area contributed by atoms with Gasteiger partial charge >= 0.3 is 0 Å². The third-order valence-corrected chi connectivity index (χ3v) is 2.85. The maximum Gasteiger partial charge on any atom is 0.142 e. The van der Waals surface area contributed by atoms with Crippen LogP contribution in [0.1, 0.15) is 33.3 Å². The lowest BCUT2D eigenvalue weighted by molar-refractivity contribution is 0.268. The Morgan fingerprint density at radius 1 is 1.17 bits per heavy atom. The predicted molar refractivity (Wildman–Crippen MR) is 78.8 cm³/mol. The molecule has 1 aromatic rings. The maximum absolute atomic E-state index is 6.20. The Hall–Kier alpha value is -0.440.